The topological polar surface area (TPSA) is 59.8 Å². The van der Waals surface area contributed by atoms with Gasteiger partial charge in [0.25, 0.3) is 0 Å². The van der Waals surface area contributed by atoms with Gasteiger partial charge in [0.1, 0.15) is 0 Å². The zero-order valence-corrected chi connectivity index (χ0v) is 30.5. The molecule has 7 rings (SSSR count). The van der Waals surface area contributed by atoms with E-state index in [2.05, 4.69) is 71.7 Å². The largest absolute Gasteiger partial charge is 3.00 e. The summed E-state index contributed by atoms with van der Waals surface area (Å²) in [4.78, 5) is 8.64. The maximum absolute atomic E-state index is 8.56. The molecule has 0 bridgehead atoms. The summed E-state index contributed by atoms with van der Waals surface area (Å²) < 4.78 is 0. The van der Waals surface area contributed by atoms with E-state index < -0.39 is 0 Å². The standard InChI is InChI=1S/C27H24N.C10H10N2.C5H12O2.Ir/c1-3-7-20(8-4-1)21-11-13-22(14-12-21)24-15-16-26-25(19-24)17-18-28-27(26)23-9-5-2-6-10-23;1-11-7-8-12(9-11)10-5-3-2-4-6-10;1-4(6)3-5(2)7;/h2,5-6,9,11-20H,1,3-4,7-8H2;2-5,7-9H,1H3;4-7H,3H2,1-2H3;/q-1;-2;;+3. The van der Waals surface area contributed by atoms with Crippen LogP contribution in [0.25, 0.3) is 33.2 Å². The van der Waals surface area contributed by atoms with Crippen molar-refractivity contribution in [3.8, 4) is 22.4 Å². The Morgan fingerprint density at radius 1 is 0.812 bits per heavy atom. The number of aliphatic hydroxyl groups excluding tert-OH is 2. The molecule has 0 amide bonds. The van der Waals surface area contributed by atoms with E-state index in [0.717, 1.165) is 22.9 Å². The summed E-state index contributed by atoms with van der Waals surface area (Å²) in [5.74, 6) is 0.759. The number of para-hydroxylation sites is 1. The first-order chi connectivity index (χ1) is 22.9. The van der Waals surface area contributed by atoms with Gasteiger partial charge in [-0.3, -0.25) is 0 Å². The summed E-state index contributed by atoms with van der Waals surface area (Å²) in [6.45, 7) is 5.32. The molecule has 2 aliphatic rings. The van der Waals surface area contributed by atoms with Gasteiger partial charge in [-0.1, -0.05) is 55.7 Å². The van der Waals surface area contributed by atoms with Crippen molar-refractivity contribution in [1.82, 2.24) is 9.88 Å². The van der Waals surface area contributed by atoms with Crippen molar-refractivity contribution in [1.29, 1.82) is 0 Å². The van der Waals surface area contributed by atoms with Crippen LogP contribution in [0.5, 0.6) is 0 Å². The Bertz CT molecular complexity index is 1680. The van der Waals surface area contributed by atoms with Gasteiger partial charge < -0.3 is 25.0 Å². The molecule has 1 saturated carbocycles. The number of hydrogen-bond donors (Lipinski definition) is 2. The third-order valence-corrected chi connectivity index (χ3v) is 8.47. The normalized spacial score (nSPS) is 15.4. The van der Waals surface area contributed by atoms with E-state index in [9.17, 15) is 0 Å². The fourth-order valence-corrected chi connectivity index (χ4v) is 6.13. The molecule has 5 nitrogen and oxygen atoms in total. The summed E-state index contributed by atoms with van der Waals surface area (Å²) in [7, 11) is 2.00. The first kappa shape index (κ1) is 37.0. The molecule has 1 fully saturated rings. The van der Waals surface area contributed by atoms with Gasteiger partial charge in [0.2, 0.25) is 0 Å². The van der Waals surface area contributed by atoms with Crippen LogP contribution >= 0.6 is 0 Å². The molecule has 48 heavy (non-hydrogen) atoms. The zero-order valence-electron chi connectivity index (χ0n) is 28.1. The maximum Gasteiger partial charge on any atom is 3.00 e. The Hall–Kier alpha value is -3.80. The number of aromatic nitrogens is 1. The molecule has 1 aliphatic carbocycles. The average Bonchev–Trinajstić information content (AvgIpc) is 3.55. The van der Waals surface area contributed by atoms with Crippen molar-refractivity contribution >= 4 is 16.5 Å². The van der Waals surface area contributed by atoms with Crippen molar-refractivity contribution in [2.45, 2.75) is 70.5 Å². The van der Waals surface area contributed by atoms with E-state index in [0.29, 0.717) is 6.42 Å². The fourth-order valence-electron chi connectivity index (χ4n) is 6.13. The van der Waals surface area contributed by atoms with Crippen molar-refractivity contribution in [2.75, 3.05) is 11.9 Å². The summed E-state index contributed by atoms with van der Waals surface area (Å²) in [5.41, 5.74) is 7.16. The van der Waals surface area contributed by atoms with Gasteiger partial charge in [0.15, 0.2) is 0 Å². The van der Waals surface area contributed by atoms with Crippen LogP contribution in [-0.2, 0) is 20.1 Å². The Morgan fingerprint density at radius 3 is 2.08 bits per heavy atom. The predicted octanol–water partition coefficient (Wildman–Crippen LogP) is 9.38. The molecule has 2 heterocycles. The Balaban J connectivity index is 0.000000215. The summed E-state index contributed by atoms with van der Waals surface area (Å²) in [6.07, 6.45) is 12.5. The van der Waals surface area contributed by atoms with E-state index in [4.69, 9.17) is 10.2 Å². The second-order valence-electron chi connectivity index (χ2n) is 12.5. The van der Waals surface area contributed by atoms with Crippen LogP contribution in [0.3, 0.4) is 0 Å². The average molecular weight is 817 g/mol. The van der Waals surface area contributed by atoms with Crippen molar-refractivity contribution in [3.63, 3.8) is 0 Å². The molecule has 6 heteroatoms. The first-order valence-electron chi connectivity index (χ1n) is 16.7. The molecule has 2 N–H and O–H groups in total. The van der Waals surface area contributed by atoms with E-state index in [1.807, 2.05) is 84.6 Å². The molecular formula is C42H46IrN3O2. The van der Waals surface area contributed by atoms with E-state index in [-0.39, 0.29) is 32.3 Å². The third kappa shape index (κ3) is 10.6. The Morgan fingerprint density at radius 2 is 1.50 bits per heavy atom. The third-order valence-electron chi connectivity index (χ3n) is 8.47. The van der Waals surface area contributed by atoms with Crippen molar-refractivity contribution < 1.29 is 30.3 Å². The van der Waals surface area contributed by atoms with Crippen molar-refractivity contribution in [2.24, 2.45) is 0 Å². The van der Waals surface area contributed by atoms with Crippen LogP contribution in [-0.4, -0.2) is 39.4 Å². The van der Waals surface area contributed by atoms with Gasteiger partial charge in [-0.05, 0) is 104 Å². The van der Waals surface area contributed by atoms with Crippen LogP contribution in [0.1, 0.15) is 63.9 Å². The number of aliphatic hydroxyl groups is 2. The number of hydrogen-bond acceptors (Lipinski definition) is 5. The van der Waals surface area contributed by atoms with Gasteiger partial charge in [-0.15, -0.1) is 41.6 Å². The molecule has 1 aromatic heterocycles. The van der Waals surface area contributed by atoms with Gasteiger partial charge >= 0.3 is 20.1 Å². The molecule has 250 valence electrons. The Labute approximate surface area is 300 Å². The van der Waals surface area contributed by atoms with Crippen LogP contribution in [0.2, 0.25) is 0 Å². The number of anilines is 1. The summed E-state index contributed by atoms with van der Waals surface area (Å²) >= 11 is 0. The molecule has 0 radical (unpaired) electrons. The maximum atomic E-state index is 8.56. The number of nitrogens with zero attached hydrogens (tertiary/aromatic N) is 3. The first-order valence-corrected chi connectivity index (χ1v) is 16.7. The fraction of sp³-hybridized carbons (Fsp3) is 0.286. The minimum Gasteiger partial charge on any atom is -0.510 e. The second-order valence-corrected chi connectivity index (χ2v) is 12.5. The predicted molar refractivity (Wildman–Crippen MR) is 194 cm³/mol. The van der Waals surface area contributed by atoms with E-state index in [1.165, 1.54) is 59.6 Å². The number of rotatable bonds is 6. The summed E-state index contributed by atoms with van der Waals surface area (Å²) in [5, 5.41) is 19.5. The quantitative estimate of drug-likeness (QED) is 0.168. The molecule has 4 aromatic carbocycles. The van der Waals surface area contributed by atoms with Gasteiger partial charge in [-0.25, -0.2) is 0 Å². The van der Waals surface area contributed by atoms with Gasteiger partial charge in [0.05, 0.1) is 12.2 Å². The molecule has 2 atom stereocenters. The molecule has 0 spiro atoms. The molecule has 2 unspecified atom stereocenters. The van der Waals surface area contributed by atoms with Crippen LogP contribution in [0, 0.1) is 18.8 Å². The SMILES string of the molecule is CC(O)CC(C)O.CN1C=CN(c2[c-]cccc2)[CH-]1.[Ir+3].[c-]1ccccc1-c1nccc2cc(-c3ccc(C4CCCCC4)cc3)ccc12. The minimum absolute atomic E-state index is 0. The second kappa shape index (κ2) is 18.7. The number of pyridine rings is 1. The molecular weight excluding hydrogens is 771 g/mol. The zero-order chi connectivity index (χ0) is 33.0. The van der Waals surface area contributed by atoms with E-state index >= 15 is 0 Å². The van der Waals surface area contributed by atoms with Crippen molar-refractivity contribution in [3.05, 3.63) is 140 Å². The van der Waals surface area contributed by atoms with Crippen LogP contribution in [0.15, 0.2) is 116 Å². The Kier molecular flexibility index (Phi) is 14.4. The van der Waals surface area contributed by atoms with Crippen LogP contribution in [0.4, 0.5) is 5.69 Å². The smallest absolute Gasteiger partial charge is 0.510 e. The van der Waals surface area contributed by atoms with Crippen LogP contribution < -0.4 is 4.90 Å². The summed E-state index contributed by atoms with van der Waals surface area (Å²) in [6, 6.07) is 40.4. The van der Waals surface area contributed by atoms with E-state index in [1.54, 1.807) is 13.8 Å². The molecule has 1 aliphatic heterocycles. The van der Waals surface area contributed by atoms with Gasteiger partial charge in [-0.2, -0.15) is 37.0 Å². The molecule has 5 aromatic rings. The minimum atomic E-state index is -0.375. The number of benzene rings is 4. The van der Waals surface area contributed by atoms with Gasteiger partial charge in [0, 0.05) is 6.20 Å². The monoisotopic (exact) mass is 817 g/mol. The molecule has 0 saturated heterocycles. The number of fused-ring (bicyclic) bond motifs is 1.